The second-order valence-corrected chi connectivity index (χ2v) is 6.97. The van der Waals surface area contributed by atoms with E-state index in [-0.39, 0.29) is 18.4 Å². The number of aliphatic hydroxyl groups is 1. The molecule has 0 radical (unpaired) electrons. The molecule has 4 heterocycles. The molecule has 0 spiro atoms. The van der Waals surface area contributed by atoms with Gasteiger partial charge in [0.25, 0.3) is 0 Å². The van der Waals surface area contributed by atoms with Crippen LogP contribution in [-0.4, -0.2) is 41.2 Å². The van der Waals surface area contributed by atoms with Crippen LogP contribution < -0.4 is 4.74 Å². The number of aliphatic hydroxyl groups excluding tert-OH is 1. The monoisotopic (exact) mass is 360 g/mol. The minimum atomic E-state index is -0.504. The van der Waals surface area contributed by atoms with Crippen LogP contribution in [0, 0.1) is 11.8 Å². The number of methoxy groups -OCH3 is 1. The van der Waals surface area contributed by atoms with E-state index in [0.717, 1.165) is 41.7 Å². The molecular weight excluding hydrogens is 336 g/mol. The Kier molecular flexibility index (Phi) is 5.32. The van der Waals surface area contributed by atoms with Gasteiger partial charge in [-0.3, -0.25) is 9.88 Å². The summed E-state index contributed by atoms with van der Waals surface area (Å²) in [4.78, 5) is 6.86. The average Bonchev–Trinajstić information content (AvgIpc) is 2.66. The number of benzene rings is 1. The number of ether oxygens (including phenoxy) is 1. The second-order valence-electron chi connectivity index (χ2n) is 6.97. The summed E-state index contributed by atoms with van der Waals surface area (Å²) in [5.41, 5.74) is 1.85. The maximum Gasteiger partial charge on any atom is 0.119 e. The first-order valence-corrected chi connectivity index (χ1v) is 8.68. The van der Waals surface area contributed by atoms with E-state index < -0.39 is 6.10 Å². The maximum absolute atomic E-state index is 11.2. The van der Waals surface area contributed by atoms with E-state index in [4.69, 9.17) is 4.74 Å². The van der Waals surface area contributed by atoms with Crippen molar-refractivity contribution in [2.75, 3.05) is 20.2 Å². The number of pyridine rings is 1. The Morgan fingerprint density at radius 3 is 2.92 bits per heavy atom. The summed E-state index contributed by atoms with van der Waals surface area (Å²) < 4.78 is 5.35. The first kappa shape index (κ1) is 18.2. The van der Waals surface area contributed by atoms with Gasteiger partial charge < -0.3 is 9.84 Å². The summed E-state index contributed by atoms with van der Waals surface area (Å²) in [5, 5.41) is 12.1. The quantitative estimate of drug-likeness (QED) is 0.846. The molecule has 1 unspecified atom stereocenters. The van der Waals surface area contributed by atoms with Crippen LogP contribution in [0.25, 0.3) is 10.9 Å². The van der Waals surface area contributed by atoms with E-state index in [0.29, 0.717) is 11.8 Å². The molecule has 5 rings (SSSR count). The molecule has 25 heavy (non-hydrogen) atoms. The zero-order chi connectivity index (χ0) is 16.7. The second kappa shape index (κ2) is 7.32. The first-order chi connectivity index (χ1) is 11.7. The van der Waals surface area contributed by atoms with E-state index in [9.17, 15) is 5.11 Å². The van der Waals surface area contributed by atoms with Crippen molar-refractivity contribution in [1.29, 1.82) is 0 Å². The number of nitrogens with zero attached hydrogens (tertiary/aromatic N) is 2. The number of fused-ring (bicyclic) bond motifs is 4. The third kappa shape index (κ3) is 3.14. The third-order valence-corrected chi connectivity index (χ3v) is 5.82. The molecule has 0 amide bonds. The SMILES string of the molecule is C=C[C@H]1CN2CC[C@@H]1C[C@H]2[C@@H](O)c1ccnc2ccc(OC)cc12.Cl. The van der Waals surface area contributed by atoms with Crippen LogP contribution in [0.4, 0.5) is 0 Å². The Morgan fingerprint density at radius 1 is 1.40 bits per heavy atom. The van der Waals surface area contributed by atoms with Gasteiger partial charge in [-0.15, -0.1) is 19.0 Å². The number of piperidine rings is 3. The minimum Gasteiger partial charge on any atom is -0.497 e. The van der Waals surface area contributed by atoms with Crippen LogP contribution in [0.15, 0.2) is 43.1 Å². The van der Waals surface area contributed by atoms with Crippen molar-refractivity contribution in [3.05, 3.63) is 48.7 Å². The highest BCUT2D eigenvalue weighted by Crippen LogP contribution is 2.42. The van der Waals surface area contributed by atoms with Gasteiger partial charge in [-0.05, 0) is 61.1 Å². The fourth-order valence-electron chi connectivity index (χ4n) is 4.44. The summed E-state index contributed by atoms with van der Waals surface area (Å²) in [6.45, 7) is 6.07. The van der Waals surface area contributed by atoms with Crippen molar-refractivity contribution >= 4 is 23.3 Å². The summed E-state index contributed by atoms with van der Waals surface area (Å²) in [6, 6.07) is 7.96. The molecule has 134 valence electrons. The van der Waals surface area contributed by atoms with E-state index in [1.54, 1.807) is 13.3 Å². The molecule has 3 saturated heterocycles. The van der Waals surface area contributed by atoms with Gasteiger partial charge in [-0.1, -0.05) is 6.08 Å². The number of hydrogen-bond acceptors (Lipinski definition) is 4. The van der Waals surface area contributed by atoms with Crippen molar-refractivity contribution in [1.82, 2.24) is 9.88 Å². The predicted molar refractivity (Wildman–Crippen MR) is 102 cm³/mol. The standard InChI is InChI=1S/C20H24N2O2.ClH/c1-3-13-12-22-9-7-14(13)10-19(22)20(23)16-6-8-21-18-5-4-15(24-2)11-17(16)18;/h3-6,8,11,13-14,19-20,23H,1,7,9-10,12H2,2H3;1H/t13-,14+,19-,20-;/m0./s1. The van der Waals surface area contributed by atoms with Gasteiger partial charge in [0.1, 0.15) is 5.75 Å². The van der Waals surface area contributed by atoms with Gasteiger partial charge in [-0.25, -0.2) is 0 Å². The summed E-state index contributed by atoms with van der Waals surface area (Å²) in [7, 11) is 1.66. The van der Waals surface area contributed by atoms with Crippen molar-refractivity contribution in [2.45, 2.75) is 25.0 Å². The normalized spacial score (nSPS) is 29.0. The van der Waals surface area contributed by atoms with Crippen molar-refractivity contribution in [2.24, 2.45) is 11.8 Å². The van der Waals surface area contributed by atoms with Crippen LogP contribution in [0.5, 0.6) is 5.75 Å². The Labute approximate surface area is 154 Å². The minimum absolute atomic E-state index is 0. The number of halogens is 1. The van der Waals surface area contributed by atoms with Crippen molar-refractivity contribution in [3.63, 3.8) is 0 Å². The molecule has 0 aliphatic carbocycles. The van der Waals surface area contributed by atoms with Gasteiger partial charge in [0.2, 0.25) is 0 Å². The molecule has 4 nitrogen and oxygen atoms in total. The molecule has 0 saturated carbocycles. The fraction of sp³-hybridized carbons (Fsp3) is 0.450. The molecule has 2 aromatic rings. The molecule has 1 aromatic heterocycles. The summed E-state index contributed by atoms with van der Waals surface area (Å²) in [6.07, 6.45) is 5.62. The third-order valence-electron chi connectivity index (χ3n) is 5.82. The Balaban J connectivity index is 0.00000182. The van der Waals surface area contributed by atoms with Crippen molar-refractivity contribution in [3.8, 4) is 5.75 Å². The zero-order valence-corrected chi connectivity index (χ0v) is 15.3. The van der Waals surface area contributed by atoms with Crippen LogP contribution in [0.1, 0.15) is 24.5 Å². The molecule has 1 aromatic carbocycles. The van der Waals surface area contributed by atoms with E-state index >= 15 is 0 Å². The highest BCUT2D eigenvalue weighted by molar-refractivity contribution is 5.85. The van der Waals surface area contributed by atoms with Gasteiger partial charge in [0.05, 0.1) is 18.7 Å². The lowest BCUT2D eigenvalue weighted by Gasteiger charge is -2.50. The molecule has 2 bridgehead atoms. The topological polar surface area (TPSA) is 45.6 Å². The zero-order valence-electron chi connectivity index (χ0n) is 14.5. The predicted octanol–water partition coefficient (Wildman–Crippen LogP) is 3.60. The fourth-order valence-corrected chi connectivity index (χ4v) is 4.44. The van der Waals surface area contributed by atoms with E-state index in [1.165, 1.54) is 6.42 Å². The van der Waals surface area contributed by atoms with Gasteiger partial charge in [0, 0.05) is 24.2 Å². The number of hydrogen-bond donors (Lipinski definition) is 1. The Bertz CT molecular complexity index is 766. The molecule has 3 fully saturated rings. The van der Waals surface area contributed by atoms with Gasteiger partial charge in [-0.2, -0.15) is 0 Å². The number of rotatable bonds is 4. The van der Waals surface area contributed by atoms with Crippen LogP contribution >= 0.6 is 12.4 Å². The lowest BCUT2D eigenvalue weighted by Crippen LogP contribution is -2.54. The number of aromatic nitrogens is 1. The molecule has 5 atom stereocenters. The van der Waals surface area contributed by atoms with Crippen LogP contribution in [0.3, 0.4) is 0 Å². The van der Waals surface area contributed by atoms with Crippen molar-refractivity contribution < 1.29 is 9.84 Å². The molecule has 5 heteroatoms. The Morgan fingerprint density at radius 2 is 2.24 bits per heavy atom. The highest BCUT2D eigenvalue weighted by atomic mass is 35.5. The first-order valence-electron chi connectivity index (χ1n) is 8.68. The van der Waals surface area contributed by atoms with E-state index in [2.05, 4.69) is 22.5 Å². The molecule has 3 aliphatic rings. The van der Waals surface area contributed by atoms with Crippen LogP contribution in [-0.2, 0) is 0 Å². The Hall–Kier alpha value is -1.62. The average molecular weight is 361 g/mol. The lowest BCUT2D eigenvalue weighted by molar-refractivity contribution is -0.0444. The highest BCUT2D eigenvalue weighted by Gasteiger charge is 2.42. The van der Waals surface area contributed by atoms with Gasteiger partial charge in [0.15, 0.2) is 0 Å². The maximum atomic E-state index is 11.2. The molecule has 3 aliphatic heterocycles. The lowest BCUT2D eigenvalue weighted by atomic mass is 9.73. The van der Waals surface area contributed by atoms with Crippen LogP contribution in [0.2, 0.25) is 0 Å². The largest absolute Gasteiger partial charge is 0.497 e. The molecular formula is C20H25ClN2O2. The summed E-state index contributed by atoms with van der Waals surface area (Å²) in [5.74, 6) is 2.01. The van der Waals surface area contributed by atoms with Gasteiger partial charge >= 0.3 is 0 Å². The van der Waals surface area contributed by atoms with E-state index in [1.807, 2.05) is 24.3 Å². The smallest absolute Gasteiger partial charge is 0.119 e. The summed E-state index contributed by atoms with van der Waals surface area (Å²) >= 11 is 0. The molecule has 1 N–H and O–H groups in total.